The average molecular weight is 275 g/mol. The molecule has 1 heterocycles. The number of oxazole rings is 1. The highest BCUT2D eigenvalue weighted by molar-refractivity contribution is 7.80. The van der Waals surface area contributed by atoms with Crippen molar-refractivity contribution in [3.05, 3.63) is 47.2 Å². The lowest BCUT2D eigenvalue weighted by Gasteiger charge is -2.15. The van der Waals surface area contributed by atoms with Gasteiger partial charge in [0.25, 0.3) is 0 Å². The Hall–Kier alpha value is -1.88. The van der Waals surface area contributed by atoms with E-state index >= 15 is 0 Å². The van der Waals surface area contributed by atoms with Gasteiger partial charge in [0, 0.05) is 11.3 Å². The zero-order valence-corrected chi connectivity index (χ0v) is 12.0. The molecule has 1 unspecified atom stereocenters. The van der Waals surface area contributed by atoms with Gasteiger partial charge in [0.2, 0.25) is 5.89 Å². The highest BCUT2D eigenvalue weighted by Crippen LogP contribution is 2.23. The quantitative estimate of drug-likeness (QED) is 0.839. The highest BCUT2D eigenvalue weighted by atomic mass is 32.1. The van der Waals surface area contributed by atoms with Crippen molar-refractivity contribution in [3.63, 3.8) is 0 Å². The fraction of sp³-hybridized carbons (Fsp3) is 0.286. The standard InChI is InChI=1S/C14H17N3OS/c1-8-4-5-12(11(6-8)13(15)19)17-10(3)14-16-7-9(2)18-14/h4-7,10,17H,1-3H3,(H2,15,19). The summed E-state index contributed by atoms with van der Waals surface area (Å²) in [6.07, 6.45) is 1.71. The van der Waals surface area contributed by atoms with Crippen molar-refractivity contribution in [2.75, 3.05) is 5.32 Å². The molecule has 1 aromatic carbocycles. The fourth-order valence-corrected chi connectivity index (χ4v) is 2.02. The lowest BCUT2D eigenvalue weighted by molar-refractivity contribution is 0.453. The summed E-state index contributed by atoms with van der Waals surface area (Å²) in [5.41, 5.74) is 8.60. The second kappa shape index (κ2) is 5.40. The van der Waals surface area contributed by atoms with Crippen LogP contribution in [0.5, 0.6) is 0 Å². The van der Waals surface area contributed by atoms with Crippen molar-refractivity contribution in [2.24, 2.45) is 5.73 Å². The van der Waals surface area contributed by atoms with Crippen molar-refractivity contribution in [2.45, 2.75) is 26.8 Å². The Balaban J connectivity index is 2.26. The van der Waals surface area contributed by atoms with Crippen LogP contribution >= 0.6 is 12.2 Å². The van der Waals surface area contributed by atoms with Crippen LogP contribution in [-0.2, 0) is 0 Å². The molecule has 100 valence electrons. The zero-order chi connectivity index (χ0) is 14.0. The van der Waals surface area contributed by atoms with Gasteiger partial charge in [0.05, 0.1) is 6.20 Å². The summed E-state index contributed by atoms with van der Waals surface area (Å²) in [4.78, 5) is 4.59. The topological polar surface area (TPSA) is 64.1 Å². The minimum Gasteiger partial charge on any atom is -0.444 e. The Morgan fingerprint density at radius 1 is 1.42 bits per heavy atom. The number of anilines is 1. The van der Waals surface area contributed by atoms with Crippen LogP contribution in [0.1, 0.15) is 35.7 Å². The van der Waals surface area contributed by atoms with Gasteiger partial charge >= 0.3 is 0 Å². The summed E-state index contributed by atoms with van der Waals surface area (Å²) in [6, 6.07) is 5.90. The molecule has 4 nitrogen and oxygen atoms in total. The van der Waals surface area contributed by atoms with Crippen molar-refractivity contribution in [1.82, 2.24) is 4.98 Å². The molecule has 0 fully saturated rings. The molecule has 0 aliphatic rings. The van der Waals surface area contributed by atoms with E-state index < -0.39 is 0 Å². The Morgan fingerprint density at radius 3 is 2.74 bits per heavy atom. The summed E-state index contributed by atoms with van der Waals surface area (Å²) >= 11 is 5.08. The number of nitrogens with two attached hydrogens (primary N) is 1. The van der Waals surface area contributed by atoms with Crippen molar-refractivity contribution in [3.8, 4) is 0 Å². The third-order valence-electron chi connectivity index (χ3n) is 2.82. The average Bonchev–Trinajstić information content (AvgIpc) is 2.78. The second-order valence-corrected chi connectivity index (χ2v) is 5.03. The maximum atomic E-state index is 5.75. The van der Waals surface area contributed by atoms with E-state index in [0.717, 1.165) is 22.6 Å². The Bertz CT molecular complexity index is 606. The minimum absolute atomic E-state index is 0.0514. The van der Waals surface area contributed by atoms with Gasteiger partial charge in [-0.25, -0.2) is 4.98 Å². The Kier molecular flexibility index (Phi) is 3.85. The lowest BCUT2D eigenvalue weighted by Crippen LogP contribution is -2.15. The summed E-state index contributed by atoms with van der Waals surface area (Å²) in [7, 11) is 0. The number of nitrogens with one attached hydrogen (secondary N) is 1. The number of aryl methyl sites for hydroxylation is 2. The normalized spacial score (nSPS) is 12.2. The largest absolute Gasteiger partial charge is 0.444 e. The molecule has 1 atom stereocenters. The molecule has 5 heteroatoms. The number of rotatable bonds is 4. The molecular weight excluding hydrogens is 258 g/mol. The highest BCUT2D eigenvalue weighted by Gasteiger charge is 2.14. The van der Waals surface area contributed by atoms with Gasteiger partial charge in [-0.2, -0.15) is 0 Å². The van der Waals surface area contributed by atoms with Crippen molar-refractivity contribution in [1.29, 1.82) is 0 Å². The third kappa shape index (κ3) is 3.12. The first kappa shape index (κ1) is 13.5. The molecule has 19 heavy (non-hydrogen) atoms. The fourth-order valence-electron chi connectivity index (χ4n) is 1.86. The molecule has 0 saturated carbocycles. The molecule has 0 bridgehead atoms. The predicted molar refractivity (Wildman–Crippen MR) is 80.3 cm³/mol. The number of thiocarbonyl (C=S) groups is 1. The minimum atomic E-state index is -0.0514. The summed E-state index contributed by atoms with van der Waals surface area (Å²) in [5.74, 6) is 1.44. The molecule has 2 aromatic rings. The monoisotopic (exact) mass is 275 g/mol. The maximum Gasteiger partial charge on any atom is 0.216 e. The lowest BCUT2D eigenvalue weighted by atomic mass is 10.1. The van der Waals surface area contributed by atoms with Gasteiger partial charge < -0.3 is 15.5 Å². The van der Waals surface area contributed by atoms with Gasteiger partial charge in [-0.3, -0.25) is 0 Å². The van der Waals surface area contributed by atoms with E-state index in [1.54, 1.807) is 6.20 Å². The SMILES string of the molecule is Cc1ccc(NC(C)c2ncc(C)o2)c(C(N)=S)c1. The van der Waals surface area contributed by atoms with Crippen LogP contribution in [0.15, 0.2) is 28.8 Å². The number of nitrogens with zero attached hydrogens (tertiary/aromatic N) is 1. The van der Waals surface area contributed by atoms with Crippen LogP contribution in [0.3, 0.4) is 0 Å². The Morgan fingerprint density at radius 2 is 2.16 bits per heavy atom. The predicted octanol–water partition coefficient (Wildman–Crippen LogP) is 3.10. The number of benzene rings is 1. The Labute approximate surface area is 118 Å². The number of hydrogen-bond donors (Lipinski definition) is 2. The first-order valence-electron chi connectivity index (χ1n) is 6.06. The van der Waals surface area contributed by atoms with Gasteiger partial charge in [0.15, 0.2) is 0 Å². The van der Waals surface area contributed by atoms with E-state index in [-0.39, 0.29) is 6.04 Å². The van der Waals surface area contributed by atoms with E-state index in [2.05, 4.69) is 10.3 Å². The molecule has 1 aromatic heterocycles. The van der Waals surface area contributed by atoms with Gasteiger partial charge in [-0.05, 0) is 32.9 Å². The third-order valence-corrected chi connectivity index (χ3v) is 3.04. The van der Waals surface area contributed by atoms with E-state index in [4.69, 9.17) is 22.4 Å². The molecule has 3 N–H and O–H groups in total. The summed E-state index contributed by atoms with van der Waals surface area (Å²) < 4.78 is 5.50. The van der Waals surface area contributed by atoms with Crippen LogP contribution in [0.4, 0.5) is 5.69 Å². The van der Waals surface area contributed by atoms with E-state index in [1.807, 2.05) is 39.0 Å². The number of hydrogen-bond acceptors (Lipinski definition) is 4. The molecule has 0 spiro atoms. The molecule has 0 radical (unpaired) electrons. The first-order valence-corrected chi connectivity index (χ1v) is 6.47. The maximum absolute atomic E-state index is 5.75. The van der Waals surface area contributed by atoms with E-state index in [9.17, 15) is 0 Å². The van der Waals surface area contributed by atoms with Crippen LogP contribution in [0.2, 0.25) is 0 Å². The van der Waals surface area contributed by atoms with Crippen LogP contribution < -0.4 is 11.1 Å². The van der Waals surface area contributed by atoms with Gasteiger partial charge in [-0.15, -0.1) is 0 Å². The molecule has 2 rings (SSSR count). The first-order chi connectivity index (χ1) is 8.97. The second-order valence-electron chi connectivity index (χ2n) is 4.59. The number of aromatic nitrogens is 1. The zero-order valence-electron chi connectivity index (χ0n) is 11.2. The molecule has 0 aliphatic heterocycles. The van der Waals surface area contributed by atoms with Crippen LogP contribution in [0.25, 0.3) is 0 Å². The van der Waals surface area contributed by atoms with E-state index in [1.165, 1.54) is 0 Å². The van der Waals surface area contributed by atoms with Crippen LogP contribution in [-0.4, -0.2) is 9.97 Å². The van der Waals surface area contributed by atoms with E-state index in [0.29, 0.717) is 10.9 Å². The van der Waals surface area contributed by atoms with Crippen molar-refractivity contribution < 1.29 is 4.42 Å². The van der Waals surface area contributed by atoms with Crippen molar-refractivity contribution >= 4 is 22.9 Å². The molecule has 0 saturated heterocycles. The van der Waals surface area contributed by atoms with Crippen LogP contribution in [0, 0.1) is 13.8 Å². The molecule has 0 aliphatic carbocycles. The van der Waals surface area contributed by atoms with Gasteiger partial charge in [-0.1, -0.05) is 23.8 Å². The smallest absolute Gasteiger partial charge is 0.216 e. The molecule has 0 amide bonds. The summed E-state index contributed by atoms with van der Waals surface area (Å²) in [6.45, 7) is 5.86. The van der Waals surface area contributed by atoms with Gasteiger partial charge in [0.1, 0.15) is 16.8 Å². The summed E-state index contributed by atoms with van der Waals surface area (Å²) in [5, 5.41) is 3.32. The molecular formula is C14H17N3OS.